The summed E-state index contributed by atoms with van der Waals surface area (Å²) in [6.07, 6.45) is 0. The minimum atomic E-state index is -3.56. The van der Waals surface area contributed by atoms with Crippen molar-refractivity contribution in [1.29, 1.82) is 0 Å². The van der Waals surface area contributed by atoms with Crippen LogP contribution in [-0.4, -0.2) is 19.8 Å². The molecule has 0 spiro atoms. The Labute approximate surface area is 99.3 Å². The molecule has 6 heteroatoms. The molecule has 0 amide bonds. The molecule has 0 atom stereocenters. The average Bonchev–Trinajstić information content (AvgIpc) is 2.15. The maximum Gasteiger partial charge on any atom is 0.387 e. The Morgan fingerprint density at radius 1 is 1.24 bits per heavy atom. The van der Waals surface area contributed by atoms with E-state index in [9.17, 15) is 17.2 Å². The van der Waals surface area contributed by atoms with Crippen molar-refractivity contribution in [2.75, 3.05) is 0 Å². The molecule has 0 unspecified atom stereocenters. The summed E-state index contributed by atoms with van der Waals surface area (Å²) >= 11 is 0. The number of sulfone groups is 1. The van der Waals surface area contributed by atoms with Crippen molar-refractivity contribution in [2.24, 2.45) is 0 Å². The fourth-order valence-corrected chi connectivity index (χ4v) is 2.41. The van der Waals surface area contributed by atoms with Crippen molar-refractivity contribution in [2.45, 2.75) is 37.0 Å². The molecule has 96 valence electrons. The van der Waals surface area contributed by atoms with Crippen LogP contribution in [0.4, 0.5) is 8.78 Å². The van der Waals surface area contributed by atoms with E-state index in [2.05, 4.69) is 4.74 Å². The van der Waals surface area contributed by atoms with Crippen molar-refractivity contribution in [3.63, 3.8) is 0 Å². The van der Waals surface area contributed by atoms with Gasteiger partial charge >= 0.3 is 6.61 Å². The molecular weight excluding hydrogens is 250 g/mol. The maximum atomic E-state index is 12.0. The summed E-state index contributed by atoms with van der Waals surface area (Å²) in [6.45, 7) is 1.66. The standard InChI is InChI=1S/C11H14F2O3S/c1-11(2,3)17(14,15)9-6-4-5-8(7-9)16-10(12)13/h4-7,10H,1-3H3. The minimum absolute atomic E-state index is 0.0249. The SMILES string of the molecule is CC(C)(C)S(=O)(=O)c1cccc(OC(F)F)c1. The summed E-state index contributed by atoms with van der Waals surface area (Å²) in [6, 6.07) is 5.12. The zero-order valence-electron chi connectivity index (χ0n) is 9.78. The Hall–Kier alpha value is -1.17. The molecule has 0 radical (unpaired) electrons. The molecule has 3 nitrogen and oxygen atoms in total. The van der Waals surface area contributed by atoms with Crippen LogP contribution in [0, 0.1) is 0 Å². The van der Waals surface area contributed by atoms with E-state index in [0.29, 0.717) is 0 Å². The molecule has 0 saturated carbocycles. The van der Waals surface area contributed by atoms with E-state index in [-0.39, 0.29) is 10.6 Å². The van der Waals surface area contributed by atoms with E-state index in [1.165, 1.54) is 18.2 Å². The van der Waals surface area contributed by atoms with Crippen LogP contribution in [0.5, 0.6) is 5.75 Å². The molecule has 1 aromatic rings. The lowest BCUT2D eigenvalue weighted by Gasteiger charge is -2.19. The van der Waals surface area contributed by atoms with E-state index in [1.807, 2.05) is 0 Å². The number of hydrogen-bond donors (Lipinski definition) is 0. The topological polar surface area (TPSA) is 43.4 Å². The normalized spacial score (nSPS) is 12.8. The Morgan fingerprint density at radius 3 is 2.29 bits per heavy atom. The van der Waals surface area contributed by atoms with Crippen LogP contribution in [0.15, 0.2) is 29.2 Å². The number of ether oxygens (including phenoxy) is 1. The van der Waals surface area contributed by atoms with Gasteiger partial charge in [-0.25, -0.2) is 8.42 Å². The zero-order chi connectivity index (χ0) is 13.3. The van der Waals surface area contributed by atoms with Crippen molar-refractivity contribution < 1.29 is 21.9 Å². The van der Waals surface area contributed by atoms with E-state index in [1.54, 1.807) is 20.8 Å². The van der Waals surface area contributed by atoms with Crippen molar-refractivity contribution in [1.82, 2.24) is 0 Å². The first-order chi connectivity index (χ1) is 7.64. The van der Waals surface area contributed by atoms with E-state index in [0.717, 1.165) is 6.07 Å². The molecule has 0 saturated heterocycles. The number of rotatable bonds is 3. The highest BCUT2D eigenvalue weighted by Gasteiger charge is 2.31. The predicted octanol–water partition coefficient (Wildman–Crippen LogP) is 2.86. The fourth-order valence-electron chi connectivity index (χ4n) is 1.17. The maximum absolute atomic E-state index is 12.0. The molecule has 0 fully saturated rings. The van der Waals surface area contributed by atoms with Crippen LogP contribution in [0.3, 0.4) is 0 Å². The smallest absolute Gasteiger partial charge is 0.387 e. The summed E-state index contributed by atoms with van der Waals surface area (Å²) in [7, 11) is -3.56. The molecule has 0 heterocycles. The molecule has 0 aromatic heterocycles. The quantitative estimate of drug-likeness (QED) is 0.843. The number of hydrogen-bond acceptors (Lipinski definition) is 3. The zero-order valence-corrected chi connectivity index (χ0v) is 10.6. The second kappa shape index (κ2) is 4.60. The van der Waals surface area contributed by atoms with Crippen LogP contribution < -0.4 is 4.74 Å². The van der Waals surface area contributed by atoms with Crippen LogP contribution >= 0.6 is 0 Å². The summed E-state index contributed by atoms with van der Waals surface area (Å²) < 4.78 is 51.3. The van der Waals surface area contributed by atoms with Gasteiger partial charge in [-0.1, -0.05) is 6.07 Å². The van der Waals surface area contributed by atoms with Gasteiger partial charge in [0, 0.05) is 0 Å². The molecular formula is C11H14F2O3S. The lowest BCUT2D eigenvalue weighted by Crippen LogP contribution is -2.27. The van der Waals surface area contributed by atoms with Gasteiger partial charge < -0.3 is 4.74 Å². The van der Waals surface area contributed by atoms with Crippen LogP contribution in [0.25, 0.3) is 0 Å². The van der Waals surface area contributed by atoms with Crippen molar-refractivity contribution in [3.05, 3.63) is 24.3 Å². The first-order valence-electron chi connectivity index (χ1n) is 4.94. The van der Waals surface area contributed by atoms with Crippen molar-refractivity contribution in [3.8, 4) is 5.75 Å². The first kappa shape index (κ1) is 13.9. The van der Waals surface area contributed by atoms with Gasteiger partial charge in [0.1, 0.15) is 5.75 Å². The molecule has 0 aliphatic carbocycles. The van der Waals surface area contributed by atoms with Gasteiger partial charge in [0.25, 0.3) is 0 Å². The fraction of sp³-hybridized carbons (Fsp3) is 0.455. The van der Waals surface area contributed by atoms with Crippen molar-refractivity contribution >= 4 is 9.84 Å². The Kier molecular flexibility index (Phi) is 3.76. The third kappa shape index (κ3) is 3.15. The molecule has 1 rings (SSSR count). The third-order valence-electron chi connectivity index (χ3n) is 2.15. The Balaban J connectivity index is 3.17. The predicted molar refractivity (Wildman–Crippen MR) is 60.0 cm³/mol. The Bertz CT molecular complexity index is 490. The van der Waals surface area contributed by atoms with Gasteiger partial charge in [-0.05, 0) is 39.0 Å². The number of benzene rings is 1. The van der Waals surface area contributed by atoms with Crippen LogP contribution in [0.1, 0.15) is 20.8 Å². The lowest BCUT2D eigenvalue weighted by molar-refractivity contribution is -0.0499. The van der Waals surface area contributed by atoms with E-state index < -0.39 is 21.2 Å². The summed E-state index contributed by atoms with van der Waals surface area (Å²) in [4.78, 5) is -0.0249. The number of halogens is 2. The van der Waals surface area contributed by atoms with Gasteiger partial charge in [-0.15, -0.1) is 0 Å². The first-order valence-corrected chi connectivity index (χ1v) is 6.42. The molecule has 0 N–H and O–H groups in total. The lowest BCUT2D eigenvalue weighted by atomic mass is 10.3. The molecule has 0 bridgehead atoms. The van der Waals surface area contributed by atoms with Gasteiger partial charge in [-0.2, -0.15) is 8.78 Å². The van der Waals surface area contributed by atoms with Gasteiger partial charge in [0.05, 0.1) is 9.64 Å². The summed E-state index contributed by atoms with van der Waals surface area (Å²) in [5.74, 6) is -0.162. The van der Waals surface area contributed by atoms with Gasteiger partial charge in [0.2, 0.25) is 0 Å². The molecule has 1 aromatic carbocycles. The summed E-state index contributed by atoms with van der Waals surface area (Å²) in [5.41, 5.74) is 0. The highest BCUT2D eigenvalue weighted by atomic mass is 32.2. The van der Waals surface area contributed by atoms with Gasteiger partial charge in [-0.3, -0.25) is 0 Å². The molecule has 0 aliphatic rings. The second-order valence-electron chi connectivity index (χ2n) is 4.47. The monoisotopic (exact) mass is 264 g/mol. The average molecular weight is 264 g/mol. The minimum Gasteiger partial charge on any atom is -0.435 e. The van der Waals surface area contributed by atoms with Gasteiger partial charge in [0.15, 0.2) is 9.84 Å². The third-order valence-corrected chi connectivity index (χ3v) is 4.63. The largest absolute Gasteiger partial charge is 0.435 e. The Morgan fingerprint density at radius 2 is 1.82 bits per heavy atom. The van der Waals surface area contributed by atoms with Crippen LogP contribution in [-0.2, 0) is 9.84 Å². The highest BCUT2D eigenvalue weighted by Crippen LogP contribution is 2.27. The second-order valence-corrected chi connectivity index (χ2v) is 7.17. The summed E-state index contributed by atoms with van der Waals surface area (Å²) in [5, 5.41) is 0. The molecule has 0 aliphatic heterocycles. The van der Waals surface area contributed by atoms with E-state index >= 15 is 0 Å². The molecule has 17 heavy (non-hydrogen) atoms. The number of alkyl halides is 2. The highest BCUT2D eigenvalue weighted by molar-refractivity contribution is 7.92. The van der Waals surface area contributed by atoms with Crippen LogP contribution in [0.2, 0.25) is 0 Å². The van der Waals surface area contributed by atoms with E-state index in [4.69, 9.17) is 0 Å².